The van der Waals surface area contributed by atoms with Crippen molar-refractivity contribution in [2.45, 2.75) is 20.0 Å². The molecule has 0 aliphatic carbocycles. The molecule has 0 radical (unpaired) electrons. The molecule has 1 atom stereocenters. The van der Waals surface area contributed by atoms with Crippen LogP contribution in [0.3, 0.4) is 0 Å². The van der Waals surface area contributed by atoms with Crippen LogP contribution < -0.4 is 5.32 Å². The summed E-state index contributed by atoms with van der Waals surface area (Å²) in [6.07, 6.45) is 0.338. The minimum Gasteiger partial charge on any atom is -0.481 e. The largest absolute Gasteiger partial charge is 0.481 e. The molecule has 1 heterocycles. The van der Waals surface area contributed by atoms with Crippen LogP contribution in [-0.2, 0) is 22.6 Å². The highest BCUT2D eigenvalue weighted by atomic mass is 16.5. The fourth-order valence-electron chi connectivity index (χ4n) is 2.31. The molecule has 1 amide bonds. The van der Waals surface area contributed by atoms with E-state index in [-0.39, 0.29) is 18.8 Å². The zero-order valence-electron chi connectivity index (χ0n) is 13.6. The molecule has 1 aromatic heterocycles. The molecule has 0 bridgehead atoms. The van der Waals surface area contributed by atoms with Gasteiger partial charge in [0.25, 0.3) is 5.91 Å². The normalized spacial score (nSPS) is 11.9. The average Bonchev–Trinajstić information content (AvgIpc) is 3.00. The summed E-state index contributed by atoms with van der Waals surface area (Å²) in [4.78, 5) is 23.5. The maximum absolute atomic E-state index is 12.0. The number of carboxylic acid groups (broad SMARTS) is 1. The van der Waals surface area contributed by atoms with Gasteiger partial charge in [-0.25, -0.2) is 0 Å². The highest BCUT2D eigenvalue weighted by Crippen LogP contribution is 2.11. The van der Waals surface area contributed by atoms with Crippen LogP contribution in [0.1, 0.15) is 27.4 Å². The van der Waals surface area contributed by atoms with Gasteiger partial charge in [0.1, 0.15) is 6.61 Å². The summed E-state index contributed by atoms with van der Waals surface area (Å²) >= 11 is 0. The van der Waals surface area contributed by atoms with Crippen LogP contribution in [0.4, 0.5) is 0 Å². The highest BCUT2D eigenvalue weighted by molar-refractivity contribution is 5.92. The van der Waals surface area contributed by atoms with Gasteiger partial charge in [-0.3, -0.25) is 9.59 Å². The summed E-state index contributed by atoms with van der Waals surface area (Å²) < 4.78 is 9.82. The van der Waals surface area contributed by atoms with E-state index in [9.17, 15) is 14.7 Å². The lowest BCUT2D eigenvalue weighted by Crippen LogP contribution is -2.34. The maximum atomic E-state index is 12.0. The lowest BCUT2D eigenvalue weighted by molar-refractivity contribution is -0.141. The SMILES string of the molecule is COCc1cc(C(=O)NC[C@@H](Cc2cccc(C)c2)C(=O)O)no1. The molecule has 0 aliphatic rings. The van der Waals surface area contributed by atoms with E-state index in [1.165, 1.54) is 13.2 Å². The first-order valence-electron chi connectivity index (χ1n) is 7.50. The fourth-order valence-corrected chi connectivity index (χ4v) is 2.31. The lowest BCUT2D eigenvalue weighted by atomic mass is 9.98. The average molecular weight is 332 g/mol. The summed E-state index contributed by atoms with van der Waals surface area (Å²) in [5.41, 5.74) is 2.08. The number of carboxylic acids is 1. The van der Waals surface area contributed by atoms with E-state index in [4.69, 9.17) is 9.26 Å². The van der Waals surface area contributed by atoms with Crippen molar-refractivity contribution in [3.8, 4) is 0 Å². The number of carbonyl (C=O) groups excluding carboxylic acids is 1. The first-order valence-corrected chi connectivity index (χ1v) is 7.50. The van der Waals surface area contributed by atoms with E-state index < -0.39 is 17.8 Å². The van der Waals surface area contributed by atoms with E-state index in [0.29, 0.717) is 12.2 Å². The van der Waals surface area contributed by atoms with E-state index in [2.05, 4.69) is 10.5 Å². The van der Waals surface area contributed by atoms with Gasteiger partial charge in [0.15, 0.2) is 11.5 Å². The van der Waals surface area contributed by atoms with Crippen molar-refractivity contribution < 1.29 is 24.0 Å². The number of aryl methyl sites for hydroxylation is 1. The topological polar surface area (TPSA) is 102 Å². The Labute approximate surface area is 139 Å². The minimum absolute atomic E-state index is 0.00851. The third-order valence-corrected chi connectivity index (χ3v) is 3.50. The van der Waals surface area contributed by atoms with E-state index in [1.54, 1.807) is 0 Å². The van der Waals surface area contributed by atoms with Gasteiger partial charge >= 0.3 is 5.97 Å². The monoisotopic (exact) mass is 332 g/mol. The number of hydrogen-bond acceptors (Lipinski definition) is 5. The van der Waals surface area contributed by atoms with Crippen molar-refractivity contribution in [1.82, 2.24) is 10.5 Å². The van der Waals surface area contributed by atoms with Gasteiger partial charge in [-0.1, -0.05) is 35.0 Å². The summed E-state index contributed by atoms with van der Waals surface area (Å²) in [5, 5.41) is 15.6. The predicted molar refractivity (Wildman–Crippen MR) is 85.6 cm³/mol. The molecule has 0 unspecified atom stereocenters. The van der Waals surface area contributed by atoms with Crippen molar-refractivity contribution in [2.24, 2.45) is 5.92 Å². The van der Waals surface area contributed by atoms with Crippen molar-refractivity contribution >= 4 is 11.9 Å². The first kappa shape index (κ1) is 17.7. The highest BCUT2D eigenvalue weighted by Gasteiger charge is 2.20. The van der Waals surface area contributed by atoms with Crippen molar-refractivity contribution in [2.75, 3.05) is 13.7 Å². The molecule has 24 heavy (non-hydrogen) atoms. The summed E-state index contributed by atoms with van der Waals surface area (Å²) in [6.45, 7) is 2.17. The Hall–Kier alpha value is -2.67. The standard InChI is InChI=1S/C17H20N2O5/c1-11-4-3-5-12(6-11)7-13(17(21)22)9-18-16(20)15-8-14(10-23-2)24-19-15/h3-6,8,13H,7,9-10H2,1-2H3,(H,18,20)(H,21,22)/t13-/m1/s1. The molecule has 0 saturated heterocycles. The Morgan fingerprint density at radius 1 is 1.38 bits per heavy atom. The third-order valence-electron chi connectivity index (χ3n) is 3.50. The van der Waals surface area contributed by atoms with Gasteiger partial charge in [0, 0.05) is 19.7 Å². The molecular weight excluding hydrogens is 312 g/mol. The maximum Gasteiger partial charge on any atom is 0.308 e. The van der Waals surface area contributed by atoms with Crippen LogP contribution in [0, 0.1) is 12.8 Å². The molecular formula is C17H20N2O5. The van der Waals surface area contributed by atoms with Crippen LogP contribution >= 0.6 is 0 Å². The van der Waals surface area contributed by atoms with E-state index in [1.807, 2.05) is 31.2 Å². The summed E-state index contributed by atoms with van der Waals surface area (Å²) in [6, 6.07) is 9.11. The van der Waals surface area contributed by atoms with Gasteiger partial charge in [0.05, 0.1) is 5.92 Å². The molecule has 1 aromatic carbocycles. The Kier molecular flexibility index (Phi) is 6.08. The smallest absolute Gasteiger partial charge is 0.308 e. The number of rotatable bonds is 8. The zero-order chi connectivity index (χ0) is 17.5. The van der Waals surface area contributed by atoms with Gasteiger partial charge < -0.3 is 19.7 Å². The number of aromatic nitrogens is 1. The summed E-state index contributed by atoms with van der Waals surface area (Å²) in [7, 11) is 1.50. The first-order chi connectivity index (χ1) is 11.5. The number of aliphatic carboxylic acids is 1. The molecule has 7 nitrogen and oxygen atoms in total. The molecule has 128 valence electrons. The summed E-state index contributed by atoms with van der Waals surface area (Å²) in [5.74, 6) is -1.73. The van der Waals surface area contributed by atoms with Gasteiger partial charge in [-0.15, -0.1) is 0 Å². The second-order valence-electron chi connectivity index (χ2n) is 5.55. The minimum atomic E-state index is -0.961. The Balaban J connectivity index is 1.95. The number of methoxy groups -OCH3 is 1. The third kappa shape index (κ3) is 4.92. The number of ether oxygens (including phenoxy) is 1. The number of carbonyl (C=O) groups is 2. The van der Waals surface area contributed by atoms with Crippen LogP contribution in [0.5, 0.6) is 0 Å². The van der Waals surface area contributed by atoms with Crippen LogP contribution in [0.15, 0.2) is 34.9 Å². The van der Waals surface area contributed by atoms with E-state index >= 15 is 0 Å². The second-order valence-corrected chi connectivity index (χ2v) is 5.55. The van der Waals surface area contributed by atoms with Crippen molar-refractivity contribution in [3.63, 3.8) is 0 Å². The van der Waals surface area contributed by atoms with Crippen LogP contribution in [-0.4, -0.2) is 35.8 Å². The van der Waals surface area contributed by atoms with Crippen molar-refractivity contribution in [1.29, 1.82) is 0 Å². The molecule has 2 rings (SSSR count). The van der Waals surface area contributed by atoms with Crippen LogP contribution in [0.25, 0.3) is 0 Å². The van der Waals surface area contributed by atoms with Gasteiger partial charge in [-0.2, -0.15) is 0 Å². The van der Waals surface area contributed by atoms with Crippen LogP contribution in [0.2, 0.25) is 0 Å². The van der Waals surface area contributed by atoms with Crippen molar-refractivity contribution in [3.05, 3.63) is 52.9 Å². The van der Waals surface area contributed by atoms with Gasteiger partial charge in [-0.05, 0) is 18.9 Å². The second kappa shape index (κ2) is 8.26. The number of nitrogens with one attached hydrogen (secondary N) is 1. The Bertz CT molecular complexity index is 711. The number of hydrogen-bond donors (Lipinski definition) is 2. The molecule has 0 fully saturated rings. The van der Waals surface area contributed by atoms with E-state index in [0.717, 1.165) is 11.1 Å². The van der Waals surface area contributed by atoms with Gasteiger partial charge in [0.2, 0.25) is 0 Å². The fraction of sp³-hybridized carbons (Fsp3) is 0.353. The number of nitrogens with zero attached hydrogens (tertiary/aromatic N) is 1. The number of amides is 1. The zero-order valence-corrected chi connectivity index (χ0v) is 13.6. The quantitative estimate of drug-likeness (QED) is 0.764. The molecule has 7 heteroatoms. The predicted octanol–water partition coefficient (Wildman–Crippen LogP) is 1.80. The molecule has 0 spiro atoms. The number of benzene rings is 1. The molecule has 0 aliphatic heterocycles. The Morgan fingerprint density at radius 2 is 2.17 bits per heavy atom. The lowest BCUT2D eigenvalue weighted by Gasteiger charge is -2.13. The Morgan fingerprint density at radius 3 is 2.83 bits per heavy atom. The molecule has 2 aromatic rings. The molecule has 2 N–H and O–H groups in total. The molecule has 0 saturated carbocycles.